The Kier molecular flexibility index (Phi) is 8.45. The van der Waals surface area contributed by atoms with E-state index < -0.39 is 27.7 Å². The molecular weight excluding hydrogens is 505 g/mol. The second kappa shape index (κ2) is 11.5. The molecule has 0 spiro atoms. The van der Waals surface area contributed by atoms with Crippen molar-refractivity contribution in [1.29, 1.82) is 0 Å². The molecule has 0 bridgehead atoms. The van der Waals surface area contributed by atoms with Crippen LogP contribution in [0.1, 0.15) is 23.2 Å². The number of aliphatic carboxylic acids is 1. The van der Waals surface area contributed by atoms with Crippen LogP contribution in [-0.4, -0.2) is 55.2 Å². The number of amides is 1. The predicted molar refractivity (Wildman–Crippen MR) is 139 cm³/mol. The molecule has 196 valence electrons. The van der Waals surface area contributed by atoms with Gasteiger partial charge in [-0.05, 0) is 36.8 Å². The van der Waals surface area contributed by atoms with Gasteiger partial charge in [0.15, 0.2) is 0 Å². The molecule has 3 aromatic rings. The number of carboxylic acid groups (broad SMARTS) is 1. The van der Waals surface area contributed by atoms with Gasteiger partial charge in [0.2, 0.25) is 16.0 Å². The van der Waals surface area contributed by atoms with Crippen molar-refractivity contribution < 1.29 is 27.5 Å². The molecule has 14 heteroatoms. The Labute approximate surface area is 212 Å². The van der Waals surface area contributed by atoms with Crippen molar-refractivity contribution in [3.05, 3.63) is 60.0 Å². The summed E-state index contributed by atoms with van der Waals surface area (Å²) >= 11 is 0. The first kappa shape index (κ1) is 27.1. The van der Waals surface area contributed by atoms with Crippen molar-refractivity contribution in [3.63, 3.8) is 0 Å². The standard InChI is InChI=1S/C23H26FN7O5S/c1-31(37(2,35)36)19-7-4-3-6-17(19)28-22-15(21(25)34)13-27-23(30-22)29-18-12-14(9-10-16(18)24)26-11-5-8-20(32)33/h3-4,6-7,9-10,12-13,26H,5,8,11H2,1-2H3,(H2,25,34)(H,32,33)(H2,27,28,29,30). The summed E-state index contributed by atoms with van der Waals surface area (Å²) in [5.74, 6) is -2.43. The van der Waals surface area contributed by atoms with E-state index in [0.717, 1.165) is 16.8 Å². The molecule has 0 aliphatic rings. The van der Waals surface area contributed by atoms with Crippen LogP contribution in [0.4, 0.5) is 38.9 Å². The highest BCUT2D eigenvalue weighted by molar-refractivity contribution is 7.92. The second-order valence-corrected chi connectivity index (χ2v) is 9.95. The molecule has 6 N–H and O–H groups in total. The fourth-order valence-electron chi connectivity index (χ4n) is 3.20. The van der Waals surface area contributed by atoms with Crippen molar-refractivity contribution in [1.82, 2.24) is 9.97 Å². The summed E-state index contributed by atoms with van der Waals surface area (Å²) < 4.78 is 39.7. The number of nitrogens with two attached hydrogens (primary N) is 1. The number of primary amides is 1. The van der Waals surface area contributed by atoms with Crippen LogP contribution >= 0.6 is 0 Å². The lowest BCUT2D eigenvalue weighted by Crippen LogP contribution is -2.25. The summed E-state index contributed by atoms with van der Waals surface area (Å²) in [6.07, 6.45) is 2.60. The molecule has 0 saturated carbocycles. The molecular formula is C23H26FN7O5S. The largest absolute Gasteiger partial charge is 0.481 e. The number of hydrogen-bond donors (Lipinski definition) is 5. The number of carbonyl (C=O) groups is 2. The highest BCUT2D eigenvalue weighted by Crippen LogP contribution is 2.30. The number of anilines is 6. The Hall–Kier alpha value is -4.46. The first-order chi connectivity index (χ1) is 17.5. The quantitative estimate of drug-likeness (QED) is 0.218. The molecule has 0 unspecified atom stereocenters. The van der Waals surface area contributed by atoms with Crippen LogP contribution in [0.3, 0.4) is 0 Å². The zero-order chi connectivity index (χ0) is 27.2. The van der Waals surface area contributed by atoms with Crippen molar-refractivity contribution in [3.8, 4) is 0 Å². The third-order valence-electron chi connectivity index (χ3n) is 5.16. The lowest BCUT2D eigenvalue weighted by atomic mass is 10.2. The number of carboxylic acids is 1. The number of nitrogens with one attached hydrogen (secondary N) is 3. The summed E-state index contributed by atoms with van der Waals surface area (Å²) in [6, 6.07) is 10.7. The number of benzene rings is 2. The molecule has 0 atom stereocenters. The van der Waals surface area contributed by atoms with E-state index in [-0.39, 0.29) is 29.4 Å². The minimum absolute atomic E-state index is 0.00175. The topological polar surface area (TPSA) is 180 Å². The molecule has 0 saturated heterocycles. The Morgan fingerprint density at radius 1 is 1.14 bits per heavy atom. The maximum absolute atomic E-state index is 14.5. The fraction of sp³-hybridized carbons (Fsp3) is 0.217. The van der Waals surface area contributed by atoms with Gasteiger partial charge in [0.1, 0.15) is 17.2 Å². The lowest BCUT2D eigenvalue weighted by molar-refractivity contribution is -0.137. The summed E-state index contributed by atoms with van der Waals surface area (Å²) in [5, 5.41) is 17.4. The van der Waals surface area contributed by atoms with E-state index in [2.05, 4.69) is 25.9 Å². The van der Waals surface area contributed by atoms with E-state index >= 15 is 0 Å². The van der Waals surface area contributed by atoms with Crippen LogP contribution in [0.2, 0.25) is 0 Å². The monoisotopic (exact) mass is 531 g/mol. The normalized spacial score (nSPS) is 11.0. The Balaban J connectivity index is 1.89. The molecule has 3 rings (SSSR count). The van der Waals surface area contributed by atoms with Gasteiger partial charge in [-0.3, -0.25) is 13.9 Å². The first-order valence-electron chi connectivity index (χ1n) is 10.9. The van der Waals surface area contributed by atoms with Gasteiger partial charge in [-0.25, -0.2) is 17.8 Å². The van der Waals surface area contributed by atoms with E-state index in [1.165, 1.54) is 25.2 Å². The number of rotatable bonds is 12. The van der Waals surface area contributed by atoms with Gasteiger partial charge < -0.3 is 26.8 Å². The van der Waals surface area contributed by atoms with E-state index in [1.807, 2.05) is 0 Å². The van der Waals surface area contributed by atoms with Crippen molar-refractivity contribution in [2.45, 2.75) is 12.8 Å². The molecule has 1 heterocycles. The summed E-state index contributed by atoms with van der Waals surface area (Å²) in [6.45, 7) is 0.372. The fourth-order valence-corrected chi connectivity index (χ4v) is 3.72. The molecule has 0 aliphatic heterocycles. The minimum atomic E-state index is -3.59. The Morgan fingerprint density at radius 3 is 2.54 bits per heavy atom. The van der Waals surface area contributed by atoms with Crippen LogP contribution < -0.4 is 26.0 Å². The van der Waals surface area contributed by atoms with Crippen LogP contribution in [0, 0.1) is 5.82 Å². The SMILES string of the molecule is CN(c1ccccc1Nc1nc(Nc2cc(NCCCC(=O)O)ccc2F)ncc1C(N)=O)S(C)(=O)=O. The van der Waals surface area contributed by atoms with Crippen molar-refractivity contribution >= 4 is 56.4 Å². The molecule has 1 amide bonds. The Bertz CT molecular complexity index is 1420. The van der Waals surface area contributed by atoms with Gasteiger partial charge in [-0.1, -0.05) is 12.1 Å². The van der Waals surface area contributed by atoms with E-state index in [9.17, 15) is 22.4 Å². The zero-order valence-electron chi connectivity index (χ0n) is 20.0. The minimum Gasteiger partial charge on any atom is -0.481 e. The third-order valence-corrected chi connectivity index (χ3v) is 6.35. The average Bonchev–Trinajstić information content (AvgIpc) is 2.83. The molecule has 1 aromatic heterocycles. The third kappa shape index (κ3) is 7.27. The molecule has 0 fully saturated rings. The number of aromatic nitrogens is 2. The van der Waals surface area contributed by atoms with Gasteiger partial charge in [0.25, 0.3) is 5.91 Å². The molecule has 37 heavy (non-hydrogen) atoms. The highest BCUT2D eigenvalue weighted by atomic mass is 32.2. The first-order valence-corrected chi connectivity index (χ1v) is 12.8. The number of hydrogen-bond acceptors (Lipinski definition) is 9. The molecule has 12 nitrogen and oxygen atoms in total. The number of sulfonamides is 1. The Morgan fingerprint density at radius 2 is 1.86 bits per heavy atom. The number of halogens is 1. The van der Waals surface area contributed by atoms with Gasteiger partial charge in [-0.15, -0.1) is 0 Å². The zero-order valence-corrected chi connectivity index (χ0v) is 20.8. The van der Waals surface area contributed by atoms with Crippen molar-refractivity contribution in [2.24, 2.45) is 5.73 Å². The molecule has 2 aromatic carbocycles. The summed E-state index contributed by atoms with van der Waals surface area (Å²) in [5.41, 5.74) is 6.58. The van der Waals surface area contributed by atoms with E-state index in [1.54, 1.807) is 24.3 Å². The van der Waals surface area contributed by atoms with Gasteiger partial charge >= 0.3 is 5.97 Å². The summed E-state index contributed by atoms with van der Waals surface area (Å²) in [4.78, 5) is 30.9. The van der Waals surface area contributed by atoms with Crippen molar-refractivity contribution in [2.75, 3.05) is 40.1 Å². The number of para-hydroxylation sites is 2. The predicted octanol–water partition coefficient (Wildman–Crippen LogP) is 2.87. The van der Waals surface area contributed by atoms with Crippen LogP contribution in [0.5, 0.6) is 0 Å². The van der Waals surface area contributed by atoms with Crippen LogP contribution in [0.25, 0.3) is 0 Å². The maximum atomic E-state index is 14.5. The second-order valence-electron chi connectivity index (χ2n) is 7.94. The lowest BCUT2D eigenvalue weighted by Gasteiger charge is -2.21. The van der Waals surface area contributed by atoms with E-state index in [0.29, 0.717) is 30.0 Å². The van der Waals surface area contributed by atoms with Gasteiger partial charge in [-0.2, -0.15) is 4.98 Å². The van der Waals surface area contributed by atoms with Crippen LogP contribution in [0.15, 0.2) is 48.7 Å². The smallest absolute Gasteiger partial charge is 0.303 e. The number of carbonyl (C=O) groups excluding carboxylic acids is 1. The summed E-state index contributed by atoms with van der Waals surface area (Å²) in [7, 11) is -2.21. The maximum Gasteiger partial charge on any atom is 0.303 e. The van der Waals surface area contributed by atoms with Crippen LogP contribution in [-0.2, 0) is 14.8 Å². The highest BCUT2D eigenvalue weighted by Gasteiger charge is 2.19. The average molecular weight is 532 g/mol. The van der Waals surface area contributed by atoms with Gasteiger partial charge in [0.05, 0.1) is 23.3 Å². The number of nitrogens with zero attached hydrogens (tertiary/aromatic N) is 3. The molecule has 0 radical (unpaired) electrons. The molecule has 0 aliphatic carbocycles. The van der Waals surface area contributed by atoms with E-state index in [4.69, 9.17) is 10.8 Å². The van der Waals surface area contributed by atoms with Gasteiger partial charge in [0, 0.05) is 31.9 Å².